The smallest absolute Gasteiger partial charge is 0.324 e. The molecule has 1 aliphatic heterocycles. The number of carbonyl (C=O) groups is 2. The molecule has 0 saturated carbocycles. The molecule has 0 aliphatic carbocycles. The van der Waals surface area contributed by atoms with Gasteiger partial charge in [-0.3, -0.25) is 9.69 Å². The Kier molecular flexibility index (Phi) is 6.19. The van der Waals surface area contributed by atoms with E-state index in [2.05, 4.69) is 0 Å². The lowest BCUT2D eigenvalue weighted by atomic mass is 10.1. The van der Waals surface area contributed by atoms with Crippen LogP contribution in [0.2, 0.25) is 0 Å². The number of Topliss-reactive ketones (excluding diaryl/α,β-unsaturated/α-hetero) is 1. The van der Waals surface area contributed by atoms with Crippen LogP contribution in [0, 0.1) is 5.82 Å². The molecule has 27 heavy (non-hydrogen) atoms. The third-order valence-electron chi connectivity index (χ3n) is 4.81. The van der Waals surface area contributed by atoms with Crippen molar-refractivity contribution < 1.29 is 14.0 Å². The SMILES string of the molecule is NCC(=O)c1ccc(CN(C(=O)N2CCCCC2)c2ccccc2)c(F)c1. The predicted octanol–water partition coefficient (Wildman–Crippen LogP) is 3.58. The van der Waals surface area contributed by atoms with Crippen LogP contribution < -0.4 is 10.6 Å². The van der Waals surface area contributed by atoms with E-state index in [9.17, 15) is 14.0 Å². The maximum atomic E-state index is 14.6. The number of benzene rings is 2. The Hall–Kier alpha value is -2.73. The van der Waals surface area contributed by atoms with Gasteiger partial charge in [0.25, 0.3) is 0 Å². The minimum absolute atomic E-state index is 0.0995. The van der Waals surface area contributed by atoms with E-state index in [1.54, 1.807) is 17.0 Å². The molecule has 1 saturated heterocycles. The molecule has 2 N–H and O–H groups in total. The van der Waals surface area contributed by atoms with Crippen molar-refractivity contribution in [2.75, 3.05) is 24.5 Å². The number of nitrogens with two attached hydrogens (primary N) is 1. The second-order valence-corrected chi connectivity index (χ2v) is 6.69. The zero-order valence-electron chi connectivity index (χ0n) is 15.2. The van der Waals surface area contributed by atoms with Crippen LogP contribution in [0.5, 0.6) is 0 Å². The van der Waals surface area contributed by atoms with Crippen LogP contribution in [0.4, 0.5) is 14.9 Å². The molecule has 5 nitrogen and oxygen atoms in total. The van der Waals surface area contributed by atoms with Gasteiger partial charge in [-0.15, -0.1) is 0 Å². The van der Waals surface area contributed by atoms with Crippen molar-refractivity contribution in [3.8, 4) is 0 Å². The van der Waals surface area contributed by atoms with Crippen LogP contribution in [-0.4, -0.2) is 36.3 Å². The van der Waals surface area contributed by atoms with Gasteiger partial charge in [0.2, 0.25) is 0 Å². The van der Waals surface area contributed by atoms with Crippen molar-refractivity contribution in [3.05, 3.63) is 65.5 Å². The number of halogens is 1. The van der Waals surface area contributed by atoms with E-state index in [0.717, 1.165) is 24.9 Å². The number of nitrogens with zero attached hydrogens (tertiary/aromatic N) is 2. The van der Waals surface area contributed by atoms with E-state index in [1.807, 2.05) is 35.2 Å². The highest BCUT2D eigenvalue weighted by Gasteiger charge is 2.25. The van der Waals surface area contributed by atoms with Gasteiger partial charge in [-0.25, -0.2) is 9.18 Å². The number of para-hydroxylation sites is 1. The Labute approximate surface area is 158 Å². The third-order valence-corrected chi connectivity index (χ3v) is 4.81. The van der Waals surface area contributed by atoms with Crippen LogP contribution in [0.15, 0.2) is 48.5 Å². The van der Waals surface area contributed by atoms with Gasteiger partial charge < -0.3 is 10.6 Å². The molecule has 2 amide bonds. The van der Waals surface area contributed by atoms with Gasteiger partial charge in [-0.2, -0.15) is 0 Å². The van der Waals surface area contributed by atoms with Gasteiger partial charge in [-0.1, -0.05) is 30.3 Å². The summed E-state index contributed by atoms with van der Waals surface area (Å²) in [7, 11) is 0. The third kappa shape index (κ3) is 4.52. The summed E-state index contributed by atoms with van der Waals surface area (Å²) >= 11 is 0. The lowest BCUT2D eigenvalue weighted by molar-refractivity contribution is 0.100. The number of amides is 2. The summed E-state index contributed by atoms with van der Waals surface area (Å²) in [4.78, 5) is 28.2. The first-order valence-corrected chi connectivity index (χ1v) is 9.23. The topological polar surface area (TPSA) is 66.6 Å². The van der Waals surface area contributed by atoms with Gasteiger partial charge in [0.1, 0.15) is 5.82 Å². The van der Waals surface area contributed by atoms with Crippen LogP contribution in [0.3, 0.4) is 0 Å². The zero-order valence-corrected chi connectivity index (χ0v) is 15.2. The number of urea groups is 1. The zero-order chi connectivity index (χ0) is 19.2. The predicted molar refractivity (Wildman–Crippen MR) is 103 cm³/mol. The Bertz CT molecular complexity index is 804. The van der Waals surface area contributed by atoms with E-state index >= 15 is 0 Å². The lowest BCUT2D eigenvalue weighted by Gasteiger charge is -2.33. The van der Waals surface area contributed by atoms with Gasteiger partial charge in [0.05, 0.1) is 13.1 Å². The summed E-state index contributed by atoms with van der Waals surface area (Å²) in [6.07, 6.45) is 3.09. The molecule has 0 radical (unpaired) electrons. The molecule has 1 aliphatic rings. The van der Waals surface area contributed by atoms with E-state index < -0.39 is 5.82 Å². The van der Waals surface area contributed by atoms with E-state index in [1.165, 1.54) is 6.07 Å². The molecule has 0 atom stereocenters. The van der Waals surface area contributed by atoms with E-state index in [0.29, 0.717) is 18.7 Å². The molecule has 3 rings (SSSR count). The molecular weight excluding hydrogens is 345 g/mol. The number of anilines is 1. The summed E-state index contributed by atoms with van der Waals surface area (Å²) in [5.41, 5.74) is 6.66. The molecule has 1 heterocycles. The highest BCUT2D eigenvalue weighted by atomic mass is 19.1. The fourth-order valence-electron chi connectivity index (χ4n) is 3.27. The minimum Gasteiger partial charge on any atom is -0.324 e. The molecule has 0 unspecified atom stereocenters. The fourth-order valence-corrected chi connectivity index (χ4v) is 3.27. The number of likely N-dealkylation sites (tertiary alicyclic amines) is 1. The summed E-state index contributed by atoms with van der Waals surface area (Å²) in [5, 5.41) is 0. The summed E-state index contributed by atoms with van der Waals surface area (Å²) in [5.74, 6) is -0.827. The average Bonchev–Trinajstić information content (AvgIpc) is 2.73. The van der Waals surface area contributed by atoms with Gasteiger partial charge in [0, 0.05) is 29.9 Å². The number of carbonyl (C=O) groups excluding carboxylic acids is 2. The summed E-state index contributed by atoms with van der Waals surface area (Å²) in [6, 6.07) is 13.4. The normalized spacial score (nSPS) is 14.1. The molecule has 2 aromatic carbocycles. The molecule has 6 heteroatoms. The van der Waals surface area contributed by atoms with Crippen LogP contribution >= 0.6 is 0 Å². The van der Waals surface area contributed by atoms with Gasteiger partial charge in [-0.05, 0) is 37.5 Å². The van der Waals surface area contributed by atoms with Gasteiger partial charge >= 0.3 is 6.03 Å². The van der Waals surface area contributed by atoms with Crippen molar-refractivity contribution in [2.24, 2.45) is 5.73 Å². The molecule has 142 valence electrons. The minimum atomic E-state index is -0.512. The number of piperidine rings is 1. The highest BCUT2D eigenvalue weighted by molar-refractivity contribution is 5.97. The van der Waals surface area contributed by atoms with E-state index in [4.69, 9.17) is 5.73 Å². The molecule has 0 spiro atoms. The Morgan fingerprint density at radius 1 is 1.04 bits per heavy atom. The number of ketones is 1. The second kappa shape index (κ2) is 8.77. The second-order valence-electron chi connectivity index (χ2n) is 6.69. The summed E-state index contributed by atoms with van der Waals surface area (Å²) in [6.45, 7) is 1.37. The molecule has 1 fully saturated rings. The Morgan fingerprint density at radius 2 is 1.74 bits per heavy atom. The quantitative estimate of drug-likeness (QED) is 0.819. The van der Waals surface area contributed by atoms with Gasteiger partial charge in [0.15, 0.2) is 5.78 Å². The van der Waals surface area contributed by atoms with Crippen molar-refractivity contribution in [1.29, 1.82) is 0 Å². The van der Waals surface area contributed by atoms with Crippen molar-refractivity contribution in [1.82, 2.24) is 4.90 Å². The standard InChI is InChI=1S/C21H24FN3O2/c22-19-13-16(20(26)14-23)9-10-17(19)15-25(18-7-3-1-4-8-18)21(27)24-11-5-2-6-12-24/h1,3-4,7-10,13H,2,5-6,11-12,14-15,23H2. The first-order chi connectivity index (χ1) is 13.1. The highest BCUT2D eigenvalue weighted by Crippen LogP contribution is 2.22. The maximum Gasteiger partial charge on any atom is 0.324 e. The maximum absolute atomic E-state index is 14.6. The first kappa shape index (κ1) is 19.0. The number of hydrogen-bond acceptors (Lipinski definition) is 3. The average molecular weight is 369 g/mol. The van der Waals surface area contributed by atoms with Crippen molar-refractivity contribution in [2.45, 2.75) is 25.8 Å². The van der Waals surface area contributed by atoms with Crippen molar-refractivity contribution in [3.63, 3.8) is 0 Å². The van der Waals surface area contributed by atoms with Crippen LogP contribution in [0.25, 0.3) is 0 Å². The molecule has 2 aromatic rings. The fraction of sp³-hybridized carbons (Fsp3) is 0.333. The van der Waals surface area contributed by atoms with Crippen LogP contribution in [-0.2, 0) is 6.54 Å². The Morgan fingerprint density at radius 3 is 2.37 bits per heavy atom. The van der Waals surface area contributed by atoms with Crippen molar-refractivity contribution >= 4 is 17.5 Å². The number of hydrogen-bond donors (Lipinski definition) is 1. The monoisotopic (exact) mass is 369 g/mol. The van der Waals surface area contributed by atoms with Crippen LogP contribution in [0.1, 0.15) is 35.2 Å². The molecular formula is C21H24FN3O2. The number of rotatable bonds is 5. The summed E-state index contributed by atoms with van der Waals surface area (Å²) < 4.78 is 14.6. The lowest BCUT2D eigenvalue weighted by Crippen LogP contribution is -2.45. The Balaban J connectivity index is 1.87. The first-order valence-electron chi connectivity index (χ1n) is 9.23. The van der Waals surface area contributed by atoms with E-state index in [-0.39, 0.29) is 30.5 Å². The largest absolute Gasteiger partial charge is 0.324 e. The molecule has 0 aromatic heterocycles. The molecule has 0 bridgehead atoms.